The Kier molecular flexibility index (Phi) is 9.81. The largest absolute Gasteiger partial charge is 0.319 e. The van der Waals surface area contributed by atoms with Crippen LogP contribution in [0.4, 0.5) is 0 Å². The molecule has 1 unspecified atom stereocenters. The molecule has 1 N–H and O–H groups in total. The van der Waals surface area contributed by atoms with Crippen LogP contribution in [0, 0.1) is 17.3 Å². The lowest BCUT2D eigenvalue weighted by molar-refractivity contribution is 0.297. The number of hydrogen-bond acceptors (Lipinski definition) is 1. The fraction of sp³-hybridized carbons (Fsp3) is 1.00. The minimum atomic E-state index is 0.464. The molecule has 0 fully saturated rings. The van der Waals surface area contributed by atoms with Crippen LogP contribution in [0.25, 0.3) is 0 Å². The maximum atomic E-state index is 3.30. The van der Waals surface area contributed by atoms with Gasteiger partial charge in [0, 0.05) is 0 Å². The quantitative estimate of drug-likeness (QED) is 0.497. The van der Waals surface area contributed by atoms with Gasteiger partial charge >= 0.3 is 0 Å². The van der Waals surface area contributed by atoms with Crippen molar-refractivity contribution in [3.8, 4) is 0 Å². The van der Waals surface area contributed by atoms with E-state index in [0.29, 0.717) is 5.41 Å². The molecule has 18 heavy (non-hydrogen) atoms. The molecule has 0 aromatic rings. The van der Waals surface area contributed by atoms with Gasteiger partial charge < -0.3 is 5.32 Å². The van der Waals surface area contributed by atoms with Crippen molar-refractivity contribution in [1.29, 1.82) is 0 Å². The third-order valence-corrected chi connectivity index (χ3v) is 3.93. The molecule has 110 valence electrons. The van der Waals surface area contributed by atoms with E-state index in [0.717, 1.165) is 18.4 Å². The molecule has 0 aromatic heterocycles. The summed E-state index contributed by atoms with van der Waals surface area (Å²) in [7, 11) is 2.05. The van der Waals surface area contributed by atoms with Gasteiger partial charge in [-0.15, -0.1) is 0 Å². The number of hydrogen-bond donors (Lipinski definition) is 1. The molecule has 0 aliphatic heterocycles. The molecule has 0 aliphatic carbocycles. The van der Waals surface area contributed by atoms with Crippen molar-refractivity contribution in [1.82, 2.24) is 5.32 Å². The number of rotatable bonds is 11. The highest BCUT2D eigenvalue weighted by Gasteiger charge is 2.16. The van der Waals surface area contributed by atoms with E-state index in [9.17, 15) is 0 Å². The van der Waals surface area contributed by atoms with Crippen LogP contribution < -0.4 is 5.32 Å². The Bertz CT molecular complexity index is 184. The predicted octanol–water partition coefficient (Wildman–Crippen LogP) is 5.25. The maximum absolute atomic E-state index is 3.30. The van der Waals surface area contributed by atoms with E-state index in [1.54, 1.807) is 0 Å². The Morgan fingerprint density at radius 3 is 2.00 bits per heavy atom. The number of nitrogens with one attached hydrogen (secondary N) is 1. The fourth-order valence-electron chi connectivity index (χ4n) is 2.69. The van der Waals surface area contributed by atoms with Gasteiger partial charge in [0.05, 0.1) is 0 Å². The van der Waals surface area contributed by atoms with Crippen LogP contribution in [0.3, 0.4) is 0 Å². The molecule has 0 aromatic carbocycles. The average Bonchev–Trinajstić information content (AvgIpc) is 2.23. The molecule has 0 radical (unpaired) electrons. The fourth-order valence-corrected chi connectivity index (χ4v) is 2.69. The topological polar surface area (TPSA) is 12.0 Å². The van der Waals surface area contributed by atoms with Crippen molar-refractivity contribution in [3.05, 3.63) is 0 Å². The molecule has 0 heterocycles. The molecule has 0 saturated carbocycles. The Labute approximate surface area is 116 Å². The molecular formula is C17H37N. The highest BCUT2D eigenvalue weighted by atomic mass is 14.8. The third-order valence-electron chi connectivity index (χ3n) is 3.93. The standard InChI is InChI=1S/C17H37N/c1-15(2)10-7-8-11-16(3)12-9-13-17(4,5)14-18-6/h15-16,18H,7-14H2,1-6H3. The summed E-state index contributed by atoms with van der Waals surface area (Å²) in [5.74, 6) is 1.80. The smallest absolute Gasteiger partial charge is 0.0000488 e. The van der Waals surface area contributed by atoms with E-state index in [1.165, 1.54) is 44.9 Å². The highest BCUT2D eigenvalue weighted by Crippen LogP contribution is 2.25. The minimum absolute atomic E-state index is 0.464. The molecular weight excluding hydrogens is 218 g/mol. The Morgan fingerprint density at radius 1 is 0.889 bits per heavy atom. The summed E-state index contributed by atoms with van der Waals surface area (Å²) < 4.78 is 0. The van der Waals surface area contributed by atoms with Gasteiger partial charge in [0.1, 0.15) is 0 Å². The summed E-state index contributed by atoms with van der Waals surface area (Å²) in [6, 6.07) is 0. The second kappa shape index (κ2) is 9.83. The summed E-state index contributed by atoms with van der Waals surface area (Å²) in [6.45, 7) is 13.0. The van der Waals surface area contributed by atoms with E-state index in [2.05, 4.69) is 47.0 Å². The Hall–Kier alpha value is -0.0400. The van der Waals surface area contributed by atoms with E-state index >= 15 is 0 Å². The van der Waals surface area contributed by atoms with Crippen LogP contribution in [-0.2, 0) is 0 Å². The van der Waals surface area contributed by atoms with E-state index in [4.69, 9.17) is 0 Å². The summed E-state index contributed by atoms with van der Waals surface area (Å²) in [5, 5.41) is 3.30. The SMILES string of the molecule is CNCC(C)(C)CCCC(C)CCCCC(C)C. The molecule has 0 spiro atoms. The van der Waals surface area contributed by atoms with Gasteiger partial charge in [0.25, 0.3) is 0 Å². The summed E-state index contributed by atoms with van der Waals surface area (Å²) in [4.78, 5) is 0. The van der Waals surface area contributed by atoms with Crippen molar-refractivity contribution < 1.29 is 0 Å². The Morgan fingerprint density at radius 2 is 1.44 bits per heavy atom. The van der Waals surface area contributed by atoms with Crippen LogP contribution in [0.15, 0.2) is 0 Å². The highest BCUT2D eigenvalue weighted by molar-refractivity contribution is 4.71. The van der Waals surface area contributed by atoms with Crippen molar-refractivity contribution in [3.63, 3.8) is 0 Å². The van der Waals surface area contributed by atoms with Gasteiger partial charge in [-0.1, -0.05) is 73.1 Å². The molecule has 0 amide bonds. The zero-order valence-corrected chi connectivity index (χ0v) is 13.8. The van der Waals surface area contributed by atoms with Gasteiger partial charge in [0.15, 0.2) is 0 Å². The van der Waals surface area contributed by atoms with Gasteiger partial charge in [0.2, 0.25) is 0 Å². The minimum Gasteiger partial charge on any atom is -0.319 e. The lowest BCUT2D eigenvalue weighted by atomic mass is 9.85. The lowest BCUT2D eigenvalue weighted by Gasteiger charge is -2.24. The van der Waals surface area contributed by atoms with Gasteiger partial charge in [-0.3, -0.25) is 0 Å². The van der Waals surface area contributed by atoms with Crippen LogP contribution in [-0.4, -0.2) is 13.6 Å². The van der Waals surface area contributed by atoms with Crippen LogP contribution in [0.1, 0.15) is 79.6 Å². The van der Waals surface area contributed by atoms with Crippen LogP contribution in [0.2, 0.25) is 0 Å². The summed E-state index contributed by atoms with van der Waals surface area (Å²) >= 11 is 0. The van der Waals surface area contributed by atoms with Crippen molar-refractivity contribution in [2.45, 2.75) is 79.6 Å². The summed E-state index contributed by atoms with van der Waals surface area (Å²) in [6.07, 6.45) is 9.84. The van der Waals surface area contributed by atoms with Crippen molar-refractivity contribution in [2.24, 2.45) is 17.3 Å². The molecule has 0 bridgehead atoms. The van der Waals surface area contributed by atoms with E-state index < -0.39 is 0 Å². The first-order chi connectivity index (χ1) is 8.37. The number of unbranched alkanes of at least 4 members (excludes halogenated alkanes) is 1. The van der Waals surface area contributed by atoms with Crippen molar-refractivity contribution in [2.75, 3.05) is 13.6 Å². The zero-order chi connectivity index (χ0) is 14.0. The molecule has 0 rings (SSSR count). The second-order valence-electron chi connectivity index (χ2n) is 7.37. The van der Waals surface area contributed by atoms with Gasteiger partial charge in [-0.05, 0) is 37.3 Å². The monoisotopic (exact) mass is 255 g/mol. The lowest BCUT2D eigenvalue weighted by Crippen LogP contribution is -2.26. The molecule has 1 atom stereocenters. The molecule has 0 aliphatic rings. The van der Waals surface area contributed by atoms with E-state index in [-0.39, 0.29) is 0 Å². The maximum Gasteiger partial charge on any atom is -0.0000488 e. The zero-order valence-electron chi connectivity index (χ0n) is 13.8. The molecule has 0 saturated heterocycles. The Balaban J connectivity index is 3.50. The first kappa shape index (κ1) is 18.0. The first-order valence-electron chi connectivity index (χ1n) is 8.02. The average molecular weight is 255 g/mol. The van der Waals surface area contributed by atoms with Gasteiger partial charge in [-0.25, -0.2) is 0 Å². The first-order valence-corrected chi connectivity index (χ1v) is 8.02. The van der Waals surface area contributed by atoms with Crippen LogP contribution in [0.5, 0.6) is 0 Å². The van der Waals surface area contributed by atoms with Crippen molar-refractivity contribution >= 4 is 0 Å². The van der Waals surface area contributed by atoms with Gasteiger partial charge in [-0.2, -0.15) is 0 Å². The normalized spacial score (nSPS) is 14.2. The molecule has 1 nitrogen and oxygen atoms in total. The third kappa shape index (κ3) is 11.1. The van der Waals surface area contributed by atoms with E-state index in [1.807, 2.05) is 0 Å². The molecule has 1 heteroatoms. The predicted molar refractivity (Wildman–Crippen MR) is 84.0 cm³/mol. The van der Waals surface area contributed by atoms with Crippen LogP contribution >= 0.6 is 0 Å². The summed E-state index contributed by atoms with van der Waals surface area (Å²) in [5.41, 5.74) is 0.464. The second-order valence-corrected chi connectivity index (χ2v) is 7.37.